The van der Waals surface area contributed by atoms with Gasteiger partial charge in [-0.2, -0.15) is 0 Å². The monoisotopic (exact) mass is 490 g/mol. The van der Waals surface area contributed by atoms with Gasteiger partial charge in [-0.05, 0) is 47.2 Å². The molecule has 0 saturated heterocycles. The van der Waals surface area contributed by atoms with Crippen LogP contribution in [0.2, 0.25) is 0 Å². The number of aliphatic carboxylic acids is 1. The van der Waals surface area contributed by atoms with Gasteiger partial charge in [0.25, 0.3) is 10.0 Å². The van der Waals surface area contributed by atoms with E-state index in [-0.39, 0.29) is 22.8 Å². The van der Waals surface area contributed by atoms with Gasteiger partial charge < -0.3 is 14.8 Å². The molecule has 0 fully saturated rings. The fourth-order valence-corrected chi connectivity index (χ4v) is 5.39. The molecule has 0 aliphatic rings. The average Bonchev–Trinajstić information content (AvgIpc) is 3.26. The molecule has 0 spiro atoms. The van der Waals surface area contributed by atoms with Crippen LogP contribution >= 0.6 is 0 Å². The highest BCUT2D eigenvalue weighted by Crippen LogP contribution is 2.31. The molecule has 35 heavy (non-hydrogen) atoms. The van der Waals surface area contributed by atoms with Gasteiger partial charge in [0.2, 0.25) is 0 Å². The summed E-state index contributed by atoms with van der Waals surface area (Å²) < 4.78 is 29.5. The minimum Gasteiger partial charge on any atom is -0.480 e. The highest BCUT2D eigenvalue weighted by Gasteiger charge is 2.28. The second-order valence-electron chi connectivity index (χ2n) is 7.77. The van der Waals surface area contributed by atoms with Crippen LogP contribution in [0.4, 0.5) is 5.69 Å². The van der Waals surface area contributed by atoms with Crippen molar-refractivity contribution in [3.05, 3.63) is 97.2 Å². The van der Waals surface area contributed by atoms with E-state index in [4.69, 9.17) is 0 Å². The van der Waals surface area contributed by atoms with E-state index in [1.54, 1.807) is 42.5 Å². The molecule has 8 nitrogen and oxygen atoms in total. The number of carboxylic acids is 2. The molecule has 9 heteroatoms. The van der Waals surface area contributed by atoms with Crippen molar-refractivity contribution >= 4 is 38.4 Å². The Morgan fingerprint density at radius 3 is 2.34 bits per heavy atom. The molecule has 4 rings (SSSR count). The third kappa shape index (κ3) is 4.67. The van der Waals surface area contributed by atoms with Gasteiger partial charge in [-0.1, -0.05) is 48.5 Å². The van der Waals surface area contributed by atoms with Crippen molar-refractivity contribution in [1.82, 2.24) is 4.57 Å². The molecule has 2 N–H and O–H groups in total. The van der Waals surface area contributed by atoms with Crippen LogP contribution in [0.5, 0.6) is 0 Å². The average molecular weight is 491 g/mol. The normalized spacial score (nSPS) is 11.3. The Labute approximate surface area is 202 Å². The summed E-state index contributed by atoms with van der Waals surface area (Å²) in [4.78, 5) is 23.2. The molecule has 0 unspecified atom stereocenters. The lowest BCUT2D eigenvalue weighted by atomic mass is 10.1. The molecule has 4 aromatic rings. The number of sulfonamides is 1. The number of hydrogen-bond acceptors (Lipinski definition) is 4. The Bertz CT molecular complexity index is 1560. The van der Waals surface area contributed by atoms with Gasteiger partial charge in [0.05, 0.1) is 10.6 Å². The van der Waals surface area contributed by atoms with Gasteiger partial charge in [-0.3, -0.25) is 9.10 Å². The number of carbonyl (C=O) groups is 2. The highest BCUT2D eigenvalue weighted by atomic mass is 32.2. The van der Waals surface area contributed by atoms with E-state index < -0.39 is 28.5 Å². The number of hydrogen-bond donors (Lipinski definition) is 2. The first-order valence-electron chi connectivity index (χ1n) is 10.6. The summed E-state index contributed by atoms with van der Waals surface area (Å²) in [6, 6.07) is 21.3. The largest absolute Gasteiger partial charge is 0.480 e. The minimum absolute atomic E-state index is 0.0361. The van der Waals surface area contributed by atoms with Crippen molar-refractivity contribution in [3.8, 4) is 11.3 Å². The summed E-state index contributed by atoms with van der Waals surface area (Å²) in [5.41, 5.74) is 1.25. The Balaban J connectivity index is 1.83. The maximum absolute atomic E-state index is 13.6. The smallest absolute Gasteiger partial charge is 0.352 e. The summed E-state index contributed by atoms with van der Waals surface area (Å²) in [5, 5.41) is 20.6. The number of carboxylic acid groups (broad SMARTS) is 2. The molecular formula is C26H22N2O6S. The number of fused-ring (bicyclic) bond motifs is 1. The zero-order valence-corrected chi connectivity index (χ0v) is 19.4. The van der Waals surface area contributed by atoms with E-state index in [1.807, 2.05) is 12.1 Å². The van der Waals surface area contributed by atoms with Crippen molar-refractivity contribution in [2.45, 2.75) is 11.4 Å². The predicted octanol–water partition coefficient (Wildman–Crippen LogP) is 4.47. The zero-order chi connectivity index (χ0) is 25.2. The SMILES string of the molecule is C=CCn1c(C(=O)O)ccc1-c1cccc(N(CC(=O)O)S(=O)(=O)c2ccc3ccccc3c2)c1. The molecule has 0 amide bonds. The number of rotatable bonds is 9. The lowest BCUT2D eigenvalue weighted by molar-refractivity contribution is -0.135. The standard InChI is InChI=1S/C26H22N2O6S/c1-2-14-27-23(12-13-24(27)26(31)32)20-8-5-9-21(15-20)28(17-25(29)30)35(33,34)22-11-10-18-6-3-4-7-19(18)16-22/h2-13,15-16H,1,14,17H2,(H,29,30)(H,31,32). The van der Waals surface area contributed by atoms with Crippen LogP contribution in [0.25, 0.3) is 22.0 Å². The van der Waals surface area contributed by atoms with Crippen LogP contribution in [0, 0.1) is 0 Å². The van der Waals surface area contributed by atoms with E-state index in [2.05, 4.69) is 6.58 Å². The van der Waals surface area contributed by atoms with Crippen LogP contribution in [0.3, 0.4) is 0 Å². The molecule has 0 aliphatic heterocycles. The Morgan fingerprint density at radius 2 is 1.66 bits per heavy atom. The molecule has 0 bridgehead atoms. The number of nitrogens with zero attached hydrogens (tertiary/aromatic N) is 2. The molecule has 0 saturated carbocycles. The van der Waals surface area contributed by atoms with Gasteiger partial charge in [-0.15, -0.1) is 6.58 Å². The molecule has 0 radical (unpaired) electrons. The fourth-order valence-electron chi connectivity index (χ4n) is 3.95. The summed E-state index contributed by atoms with van der Waals surface area (Å²) in [6.45, 7) is 3.11. The molecular weight excluding hydrogens is 468 g/mol. The topological polar surface area (TPSA) is 117 Å². The van der Waals surface area contributed by atoms with Gasteiger partial charge in [0, 0.05) is 17.8 Å². The molecule has 178 valence electrons. The minimum atomic E-state index is -4.23. The first-order chi connectivity index (χ1) is 16.7. The quantitative estimate of drug-likeness (QED) is 0.334. The summed E-state index contributed by atoms with van der Waals surface area (Å²) in [6.07, 6.45) is 1.56. The maximum Gasteiger partial charge on any atom is 0.352 e. The predicted molar refractivity (Wildman–Crippen MR) is 133 cm³/mol. The second-order valence-corrected chi connectivity index (χ2v) is 9.64. The second kappa shape index (κ2) is 9.47. The third-order valence-corrected chi connectivity index (χ3v) is 7.30. The molecule has 1 aromatic heterocycles. The summed E-state index contributed by atoms with van der Waals surface area (Å²) in [5.74, 6) is -2.43. The Morgan fingerprint density at radius 1 is 0.914 bits per heavy atom. The van der Waals surface area contributed by atoms with Crippen LogP contribution in [0.15, 0.2) is 96.4 Å². The zero-order valence-electron chi connectivity index (χ0n) is 18.5. The Kier molecular flexibility index (Phi) is 6.44. The summed E-state index contributed by atoms with van der Waals surface area (Å²) in [7, 11) is -4.23. The molecule has 3 aromatic carbocycles. The van der Waals surface area contributed by atoms with Crippen LogP contribution in [-0.2, 0) is 21.4 Å². The highest BCUT2D eigenvalue weighted by molar-refractivity contribution is 7.92. The van der Waals surface area contributed by atoms with Gasteiger partial charge in [-0.25, -0.2) is 13.2 Å². The van der Waals surface area contributed by atoms with Gasteiger partial charge >= 0.3 is 11.9 Å². The van der Waals surface area contributed by atoms with Crippen molar-refractivity contribution in [1.29, 1.82) is 0 Å². The van der Waals surface area contributed by atoms with E-state index >= 15 is 0 Å². The first-order valence-corrected chi connectivity index (χ1v) is 12.0. The summed E-state index contributed by atoms with van der Waals surface area (Å²) >= 11 is 0. The lowest BCUT2D eigenvalue weighted by Crippen LogP contribution is -2.35. The maximum atomic E-state index is 13.6. The van der Waals surface area contributed by atoms with Crippen LogP contribution in [-0.4, -0.2) is 41.7 Å². The van der Waals surface area contributed by atoms with Crippen LogP contribution < -0.4 is 4.31 Å². The number of allylic oxidation sites excluding steroid dienone is 1. The number of benzene rings is 3. The lowest BCUT2D eigenvalue weighted by Gasteiger charge is -2.23. The van der Waals surface area contributed by atoms with Crippen molar-refractivity contribution in [2.24, 2.45) is 0 Å². The third-order valence-electron chi connectivity index (χ3n) is 5.53. The number of aromatic carboxylic acids is 1. The van der Waals surface area contributed by atoms with E-state index in [0.717, 1.165) is 9.69 Å². The van der Waals surface area contributed by atoms with Crippen molar-refractivity contribution in [2.75, 3.05) is 10.8 Å². The Hall–Kier alpha value is -4.37. The van der Waals surface area contributed by atoms with E-state index in [0.29, 0.717) is 16.6 Å². The van der Waals surface area contributed by atoms with Crippen molar-refractivity contribution < 1.29 is 28.2 Å². The van der Waals surface area contributed by atoms with Crippen molar-refractivity contribution in [3.63, 3.8) is 0 Å². The van der Waals surface area contributed by atoms with E-state index in [1.165, 1.54) is 34.9 Å². The van der Waals surface area contributed by atoms with Gasteiger partial charge in [0.1, 0.15) is 12.2 Å². The molecule has 0 atom stereocenters. The molecule has 0 aliphatic carbocycles. The first kappa shape index (κ1) is 23.8. The van der Waals surface area contributed by atoms with E-state index in [9.17, 15) is 28.2 Å². The number of anilines is 1. The number of aromatic nitrogens is 1. The molecule has 1 heterocycles. The van der Waals surface area contributed by atoms with Crippen LogP contribution in [0.1, 0.15) is 10.5 Å². The van der Waals surface area contributed by atoms with Gasteiger partial charge in [0.15, 0.2) is 0 Å². The fraction of sp³-hybridized carbons (Fsp3) is 0.0769.